The van der Waals surface area contributed by atoms with E-state index < -0.39 is 10.0 Å². The zero-order chi connectivity index (χ0) is 21.4. The molecule has 2 N–H and O–H groups in total. The molecule has 29 heavy (non-hydrogen) atoms. The van der Waals surface area contributed by atoms with Gasteiger partial charge in [-0.2, -0.15) is 0 Å². The fourth-order valence-electron chi connectivity index (χ4n) is 2.36. The number of rotatable bonds is 9. The van der Waals surface area contributed by atoms with E-state index in [0.29, 0.717) is 35.4 Å². The molecule has 2 aromatic carbocycles. The summed E-state index contributed by atoms with van der Waals surface area (Å²) < 4.78 is 35.9. The maximum absolute atomic E-state index is 12.1. The maximum atomic E-state index is 12.1. The molecule has 0 fully saturated rings. The standard InChI is InChI=1S/C21H26N2O5S/c1-15(2)14-28-19-11-5-16(13-20(19)27-3)6-12-21(24)22-17-7-9-18(10-8-17)23-29(4,25)26/h5-13,15,23H,14H2,1-4H3,(H,22,24)/b12-6+. The molecule has 1 amide bonds. The highest BCUT2D eigenvalue weighted by atomic mass is 32.2. The number of amides is 1. The number of carbonyl (C=O) groups is 1. The first-order valence-electron chi connectivity index (χ1n) is 9.04. The van der Waals surface area contributed by atoms with Gasteiger partial charge in [-0.05, 0) is 54.0 Å². The molecule has 7 nitrogen and oxygen atoms in total. The average molecular weight is 419 g/mol. The zero-order valence-electron chi connectivity index (χ0n) is 16.9. The molecule has 0 unspecified atom stereocenters. The minimum absolute atomic E-state index is 0.312. The second-order valence-electron chi connectivity index (χ2n) is 6.89. The molecule has 0 aliphatic rings. The zero-order valence-corrected chi connectivity index (χ0v) is 17.7. The van der Waals surface area contributed by atoms with Crippen molar-refractivity contribution in [3.05, 3.63) is 54.1 Å². The summed E-state index contributed by atoms with van der Waals surface area (Å²) in [5.74, 6) is 1.35. The lowest BCUT2D eigenvalue weighted by atomic mass is 10.2. The van der Waals surface area contributed by atoms with Crippen molar-refractivity contribution >= 4 is 33.4 Å². The summed E-state index contributed by atoms with van der Waals surface area (Å²) >= 11 is 0. The molecule has 156 valence electrons. The van der Waals surface area contributed by atoms with Gasteiger partial charge in [0.25, 0.3) is 0 Å². The van der Waals surface area contributed by atoms with Gasteiger partial charge in [0.05, 0.1) is 20.0 Å². The number of carbonyl (C=O) groups excluding carboxylic acids is 1. The van der Waals surface area contributed by atoms with E-state index in [4.69, 9.17) is 9.47 Å². The fraction of sp³-hybridized carbons (Fsp3) is 0.286. The molecule has 2 rings (SSSR count). The van der Waals surface area contributed by atoms with Gasteiger partial charge in [-0.3, -0.25) is 9.52 Å². The van der Waals surface area contributed by atoms with E-state index in [1.807, 2.05) is 12.1 Å². The summed E-state index contributed by atoms with van der Waals surface area (Å²) in [7, 11) is -1.77. The van der Waals surface area contributed by atoms with E-state index >= 15 is 0 Å². The molecule has 0 saturated carbocycles. The van der Waals surface area contributed by atoms with Crippen LogP contribution >= 0.6 is 0 Å². The number of anilines is 2. The van der Waals surface area contributed by atoms with Crippen LogP contribution in [-0.4, -0.2) is 34.3 Å². The van der Waals surface area contributed by atoms with Crippen LogP contribution in [0.25, 0.3) is 6.08 Å². The number of sulfonamides is 1. The largest absolute Gasteiger partial charge is 0.493 e. The lowest BCUT2D eigenvalue weighted by Crippen LogP contribution is -2.10. The van der Waals surface area contributed by atoms with E-state index in [1.54, 1.807) is 43.5 Å². The van der Waals surface area contributed by atoms with Crippen molar-refractivity contribution in [2.24, 2.45) is 5.92 Å². The van der Waals surface area contributed by atoms with Crippen molar-refractivity contribution in [1.82, 2.24) is 0 Å². The molecule has 0 heterocycles. The van der Waals surface area contributed by atoms with E-state index in [9.17, 15) is 13.2 Å². The van der Waals surface area contributed by atoms with Gasteiger partial charge in [-0.25, -0.2) is 8.42 Å². The van der Waals surface area contributed by atoms with E-state index in [0.717, 1.165) is 11.8 Å². The van der Waals surface area contributed by atoms with Gasteiger partial charge in [-0.15, -0.1) is 0 Å². The van der Waals surface area contributed by atoms with Crippen molar-refractivity contribution in [1.29, 1.82) is 0 Å². The number of hydrogen-bond donors (Lipinski definition) is 2. The van der Waals surface area contributed by atoms with Crippen LogP contribution in [0.3, 0.4) is 0 Å². The maximum Gasteiger partial charge on any atom is 0.248 e. The highest BCUT2D eigenvalue weighted by molar-refractivity contribution is 7.92. The van der Waals surface area contributed by atoms with Crippen LogP contribution in [-0.2, 0) is 14.8 Å². The van der Waals surface area contributed by atoms with E-state index in [1.165, 1.54) is 6.08 Å². The number of hydrogen-bond acceptors (Lipinski definition) is 5. The molecule has 8 heteroatoms. The smallest absolute Gasteiger partial charge is 0.248 e. The monoisotopic (exact) mass is 418 g/mol. The Morgan fingerprint density at radius 1 is 1.07 bits per heavy atom. The molecule has 0 bridgehead atoms. The molecule has 2 aromatic rings. The summed E-state index contributed by atoms with van der Waals surface area (Å²) in [6, 6.07) is 11.8. The number of methoxy groups -OCH3 is 1. The Bertz CT molecular complexity index is 967. The number of ether oxygens (including phenoxy) is 2. The summed E-state index contributed by atoms with van der Waals surface area (Å²) in [4.78, 5) is 12.1. The van der Waals surface area contributed by atoms with Crippen LogP contribution in [0.5, 0.6) is 11.5 Å². The Morgan fingerprint density at radius 3 is 2.31 bits per heavy atom. The predicted octanol–water partition coefficient (Wildman–Crippen LogP) is 3.75. The molecule has 0 aromatic heterocycles. The first-order chi connectivity index (χ1) is 13.7. The summed E-state index contributed by atoms with van der Waals surface area (Å²) in [5.41, 5.74) is 1.77. The minimum atomic E-state index is -3.34. The van der Waals surface area contributed by atoms with Crippen molar-refractivity contribution in [2.45, 2.75) is 13.8 Å². The van der Waals surface area contributed by atoms with Gasteiger partial charge in [0.2, 0.25) is 15.9 Å². The fourth-order valence-corrected chi connectivity index (χ4v) is 2.92. The third-order valence-corrected chi connectivity index (χ3v) is 4.25. The first-order valence-corrected chi connectivity index (χ1v) is 10.9. The van der Waals surface area contributed by atoms with Crippen LogP contribution in [0, 0.1) is 5.92 Å². The van der Waals surface area contributed by atoms with Crippen LogP contribution in [0.2, 0.25) is 0 Å². The third-order valence-electron chi connectivity index (χ3n) is 3.64. The second kappa shape index (κ2) is 9.97. The topological polar surface area (TPSA) is 93.7 Å². The molecular formula is C21H26N2O5S. The van der Waals surface area contributed by atoms with Crippen molar-refractivity contribution < 1.29 is 22.7 Å². The lowest BCUT2D eigenvalue weighted by Gasteiger charge is -2.12. The molecule has 0 atom stereocenters. The second-order valence-corrected chi connectivity index (χ2v) is 8.64. The van der Waals surface area contributed by atoms with E-state index in [2.05, 4.69) is 23.9 Å². The summed E-state index contributed by atoms with van der Waals surface area (Å²) in [5, 5.41) is 2.72. The van der Waals surface area contributed by atoms with Gasteiger partial charge < -0.3 is 14.8 Å². The summed E-state index contributed by atoms with van der Waals surface area (Å²) in [6.07, 6.45) is 4.15. The van der Waals surface area contributed by atoms with Crippen molar-refractivity contribution in [3.8, 4) is 11.5 Å². The van der Waals surface area contributed by atoms with Crippen molar-refractivity contribution in [2.75, 3.05) is 30.0 Å². The van der Waals surface area contributed by atoms with Gasteiger partial charge in [0.1, 0.15) is 0 Å². The van der Waals surface area contributed by atoms with Crippen LogP contribution < -0.4 is 19.5 Å². The lowest BCUT2D eigenvalue weighted by molar-refractivity contribution is -0.111. The highest BCUT2D eigenvalue weighted by Gasteiger charge is 2.07. The highest BCUT2D eigenvalue weighted by Crippen LogP contribution is 2.29. The SMILES string of the molecule is COc1cc(/C=C/C(=O)Nc2ccc(NS(C)(=O)=O)cc2)ccc1OCC(C)C. The minimum Gasteiger partial charge on any atom is -0.493 e. The molecule has 0 radical (unpaired) electrons. The third kappa shape index (κ3) is 7.87. The Hall–Kier alpha value is -3.00. The van der Waals surface area contributed by atoms with E-state index in [-0.39, 0.29) is 5.91 Å². The van der Waals surface area contributed by atoms with Gasteiger partial charge in [0, 0.05) is 17.5 Å². The summed E-state index contributed by atoms with van der Waals surface area (Å²) in [6.45, 7) is 4.72. The van der Waals surface area contributed by atoms with Crippen LogP contribution in [0.4, 0.5) is 11.4 Å². The molecular weight excluding hydrogens is 392 g/mol. The van der Waals surface area contributed by atoms with Gasteiger partial charge in [-0.1, -0.05) is 19.9 Å². The Balaban J connectivity index is 1.99. The Kier molecular flexibility index (Phi) is 7.67. The quantitative estimate of drug-likeness (QED) is 0.605. The van der Waals surface area contributed by atoms with Gasteiger partial charge >= 0.3 is 0 Å². The van der Waals surface area contributed by atoms with Crippen LogP contribution in [0.1, 0.15) is 19.4 Å². The molecule has 0 aliphatic carbocycles. The number of nitrogens with one attached hydrogen (secondary N) is 2. The molecule has 0 saturated heterocycles. The molecule has 0 aliphatic heterocycles. The number of benzene rings is 2. The van der Waals surface area contributed by atoms with Crippen molar-refractivity contribution in [3.63, 3.8) is 0 Å². The average Bonchev–Trinajstić information content (AvgIpc) is 2.65. The Morgan fingerprint density at radius 2 is 1.72 bits per heavy atom. The Labute approximate surface area is 171 Å². The predicted molar refractivity (Wildman–Crippen MR) is 116 cm³/mol. The molecule has 0 spiro atoms. The van der Waals surface area contributed by atoms with Gasteiger partial charge in [0.15, 0.2) is 11.5 Å². The first kappa shape index (κ1) is 22.3. The van der Waals surface area contributed by atoms with Crippen LogP contribution in [0.15, 0.2) is 48.5 Å². The normalized spacial score (nSPS) is 11.5.